The van der Waals surface area contributed by atoms with Gasteiger partial charge >= 0.3 is 141 Å². The molecule has 1 heterocycles. The fourth-order valence-electron chi connectivity index (χ4n) is 3.67. The van der Waals surface area contributed by atoms with Crippen LogP contribution >= 0.6 is 0 Å². The molecule has 1 fully saturated rings. The van der Waals surface area contributed by atoms with Crippen molar-refractivity contribution in [2.24, 2.45) is 5.92 Å². The summed E-state index contributed by atoms with van der Waals surface area (Å²) in [5.74, 6) is 7.91. The molecule has 1 aliphatic rings. The van der Waals surface area contributed by atoms with Gasteiger partial charge in [0, 0.05) is 0 Å². The second-order valence-electron chi connectivity index (χ2n) is 7.84. The fourth-order valence-corrected chi connectivity index (χ4v) is 7.01. The van der Waals surface area contributed by atoms with Crippen LogP contribution in [-0.4, -0.2) is 18.3 Å². The van der Waals surface area contributed by atoms with Crippen LogP contribution in [0.2, 0.25) is 17.3 Å². The molecular formula is C20H26FGeN. The van der Waals surface area contributed by atoms with Crippen molar-refractivity contribution < 1.29 is 4.39 Å². The summed E-state index contributed by atoms with van der Waals surface area (Å²) < 4.78 is 15.0. The number of aromatic nitrogens is 1. The molecule has 1 aromatic heterocycles. The van der Waals surface area contributed by atoms with E-state index in [2.05, 4.69) is 34.5 Å². The molecule has 3 rings (SSSR count). The summed E-state index contributed by atoms with van der Waals surface area (Å²) in [5, 5.41) is 0. The van der Waals surface area contributed by atoms with Crippen LogP contribution in [0.5, 0.6) is 0 Å². The molecule has 0 amide bonds. The third-order valence-corrected chi connectivity index (χ3v) is 9.24. The van der Waals surface area contributed by atoms with Gasteiger partial charge in [0.25, 0.3) is 0 Å². The molecule has 23 heavy (non-hydrogen) atoms. The second-order valence-corrected chi connectivity index (χ2v) is 18.4. The van der Waals surface area contributed by atoms with Crippen molar-refractivity contribution in [2.75, 3.05) is 0 Å². The number of hydrogen-bond acceptors (Lipinski definition) is 1. The van der Waals surface area contributed by atoms with E-state index in [0.717, 1.165) is 17.2 Å². The summed E-state index contributed by atoms with van der Waals surface area (Å²) in [6, 6.07) is 9.02. The Morgan fingerprint density at radius 3 is 2.52 bits per heavy atom. The first-order valence-electron chi connectivity index (χ1n) is 8.69. The summed E-state index contributed by atoms with van der Waals surface area (Å²) in [4.78, 5) is 4.67. The number of hydrogen-bond donors (Lipinski definition) is 0. The normalized spacial score (nSPS) is 16.0. The SMILES string of the molecule is [CH3][Ge]([CH3])([CH3])[c]1cnc(-c2cccc(F)c2)cc1CC1CCCC1. The summed E-state index contributed by atoms with van der Waals surface area (Å²) >= 11 is -1.95. The van der Waals surface area contributed by atoms with Gasteiger partial charge < -0.3 is 0 Å². The van der Waals surface area contributed by atoms with E-state index in [0.29, 0.717) is 0 Å². The zero-order chi connectivity index (χ0) is 16.4. The predicted molar refractivity (Wildman–Crippen MR) is 98.3 cm³/mol. The predicted octanol–water partition coefficient (Wildman–Crippen LogP) is 5.17. The Kier molecular flexibility index (Phi) is 4.91. The van der Waals surface area contributed by atoms with E-state index in [1.54, 1.807) is 12.1 Å². The van der Waals surface area contributed by atoms with E-state index in [-0.39, 0.29) is 5.82 Å². The van der Waals surface area contributed by atoms with Crippen molar-refractivity contribution in [1.82, 2.24) is 4.98 Å². The van der Waals surface area contributed by atoms with Gasteiger partial charge in [0.1, 0.15) is 0 Å². The van der Waals surface area contributed by atoms with E-state index in [1.807, 2.05) is 6.07 Å². The maximum atomic E-state index is 13.5. The van der Waals surface area contributed by atoms with Gasteiger partial charge in [-0.1, -0.05) is 0 Å². The van der Waals surface area contributed by atoms with Gasteiger partial charge in [-0.3, -0.25) is 0 Å². The molecule has 1 nitrogen and oxygen atoms in total. The Morgan fingerprint density at radius 1 is 1.13 bits per heavy atom. The van der Waals surface area contributed by atoms with Gasteiger partial charge in [-0.2, -0.15) is 0 Å². The number of halogens is 1. The molecule has 0 N–H and O–H groups in total. The Hall–Kier alpha value is -1.16. The van der Waals surface area contributed by atoms with Crippen LogP contribution in [0, 0.1) is 11.7 Å². The molecule has 1 saturated carbocycles. The first kappa shape index (κ1) is 16.7. The minimum atomic E-state index is -1.95. The number of pyridine rings is 1. The molecule has 122 valence electrons. The Bertz CT molecular complexity index is 684. The monoisotopic (exact) mass is 373 g/mol. The van der Waals surface area contributed by atoms with Gasteiger partial charge in [0.2, 0.25) is 0 Å². The quantitative estimate of drug-likeness (QED) is 0.676. The third-order valence-electron chi connectivity index (χ3n) is 4.90. The Labute approximate surface area is 141 Å². The van der Waals surface area contributed by atoms with Crippen molar-refractivity contribution in [3.63, 3.8) is 0 Å². The van der Waals surface area contributed by atoms with Gasteiger partial charge in [0.15, 0.2) is 0 Å². The average molecular weight is 372 g/mol. The van der Waals surface area contributed by atoms with Crippen LogP contribution in [0.3, 0.4) is 0 Å². The average Bonchev–Trinajstić information content (AvgIpc) is 2.99. The number of nitrogens with zero attached hydrogens (tertiary/aromatic N) is 1. The topological polar surface area (TPSA) is 12.9 Å². The van der Waals surface area contributed by atoms with E-state index >= 15 is 0 Å². The first-order chi connectivity index (χ1) is 10.9. The third kappa shape index (κ3) is 4.03. The van der Waals surface area contributed by atoms with Gasteiger partial charge in [0.05, 0.1) is 0 Å². The van der Waals surface area contributed by atoms with Gasteiger partial charge in [-0.05, 0) is 0 Å². The number of rotatable bonds is 4. The molecule has 0 bridgehead atoms. The van der Waals surface area contributed by atoms with Gasteiger partial charge in [-0.25, -0.2) is 0 Å². The molecule has 1 aliphatic carbocycles. The van der Waals surface area contributed by atoms with Crippen LogP contribution in [0.1, 0.15) is 31.2 Å². The van der Waals surface area contributed by atoms with Crippen LogP contribution in [0.25, 0.3) is 11.3 Å². The van der Waals surface area contributed by atoms with Crippen molar-refractivity contribution >= 4 is 17.7 Å². The van der Waals surface area contributed by atoms with Crippen molar-refractivity contribution in [1.29, 1.82) is 0 Å². The molecule has 0 aliphatic heterocycles. The zero-order valence-corrected chi connectivity index (χ0v) is 16.5. The van der Waals surface area contributed by atoms with E-state index in [4.69, 9.17) is 0 Å². The van der Waals surface area contributed by atoms with Crippen molar-refractivity contribution in [3.05, 3.63) is 47.9 Å². The molecule has 0 radical (unpaired) electrons. The summed E-state index contributed by atoms with van der Waals surface area (Å²) in [5.41, 5.74) is 3.26. The molecule has 0 unspecified atom stereocenters. The second kappa shape index (κ2) is 6.76. The van der Waals surface area contributed by atoms with Gasteiger partial charge in [-0.15, -0.1) is 0 Å². The van der Waals surface area contributed by atoms with Crippen molar-refractivity contribution in [3.8, 4) is 11.3 Å². The van der Waals surface area contributed by atoms with Crippen LogP contribution in [-0.2, 0) is 6.42 Å². The molecule has 0 spiro atoms. The summed E-state index contributed by atoms with van der Waals surface area (Å²) in [6.45, 7) is 0. The zero-order valence-electron chi connectivity index (χ0n) is 14.4. The minimum absolute atomic E-state index is 0.195. The molecule has 0 atom stereocenters. The number of benzene rings is 1. The maximum absolute atomic E-state index is 13.5. The molecule has 1 aromatic carbocycles. The fraction of sp³-hybridized carbons (Fsp3) is 0.450. The Morgan fingerprint density at radius 2 is 1.87 bits per heavy atom. The molecule has 2 aromatic rings. The standard InChI is InChI=1S/C20H26FGeN/c1-22(2,3)19-14-23-20(16-9-6-10-18(21)12-16)13-17(19)11-15-7-4-5-8-15/h6,9-10,12-15H,4-5,7-8,11H2,1-3H3. The Balaban J connectivity index is 1.99. The van der Waals surface area contributed by atoms with E-state index < -0.39 is 13.3 Å². The van der Waals surface area contributed by atoms with Crippen LogP contribution < -0.4 is 4.40 Å². The molecule has 3 heteroatoms. The first-order valence-corrected chi connectivity index (χ1v) is 16.0. The van der Waals surface area contributed by atoms with Crippen LogP contribution in [0.15, 0.2) is 36.5 Å². The van der Waals surface area contributed by atoms with Crippen LogP contribution in [0.4, 0.5) is 4.39 Å². The summed E-state index contributed by atoms with van der Waals surface area (Å²) in [7, 11) is 0. The van der Waals surface area contributed by atoms with E-state index in [9.17, 15) is 4.39 Å². The molecule has 0 saturated heterocycles. The molecular weight excluding hydrogens is 346 g/mol. The van der Waals surface area contributed by atoms with E-state index in [1.165, 1.54) is 48.1 Å². The summed E-state index contributed by atoms with van der Waals surface area (Å²) in [6.07, 6.45) is 8.72. The van der Waals surface area contributed by atoms with Crippen molar-refractivity contribution in [2.45, 2.75) is 49.4 Å².